The van der Waals surface area contributed by atoms with Crippen molar-refractivity contribution in [1.82, 2.24) is 5.32 Å². The standard InChI is InChI=1S/C13H25NO3/c1-13(12(15)16,8-10-17-2)14-9-7-11-5-3-4-6-11/h11,14H,3-10H2,1-2H3,(H,15,16). The molecule has 0 radical (unpaired) electrons. The van der Waals surface area contributed by atoms with E-state index in [4.69, 9.17) is 4.74 Å². The van der Waals surface area contributed by atoms with Crippen LogP contribution < -0.4 is 5.32 Å². The number of hydrogen-bond acceptors (Lipinski definition) is 3. The molecule has 1 aliphatic rings. The molecule has 1 rings (SSSR count). The van der Waals surface area contributed by atoms with Crippen molar-refractivity contribution in [3.63, 3.8) is 0 Å². The van der Waals surface area contributed by atoms with Crippen molar-refractivity contribution in [3.05, 3.63) is 0 Å². The van der Waals surface area contributed by atoms with Crippen LogP contribution in [0.3, 0.4) is 0 Å². The normalized spacial score (nSPS) is 20.4. The summed E-state index contributed by atoms with van der Waals surface area (Å²) in [5.74, 6) is 0.00365. The second-order valence-corrected chi connectivity index (χ2v) is 5.25. The predicted molar refractivity (Wildman–Crippen MR) is 67.1 cm³/mol. The Morgan fingerprint density at radius 3 is 2.65 bits per heavy atom. The van der Waals surface area contributed by atoms with E-state index < -0.39 is 11.5 Å². The van der Waals surface area contributed by atoms with Crippen molar-refractivity contribution in [2.75, 3.05) is 20.3 Å². The maximum absolute atomic E-state index is 11.2. The summed E-state index contributed by atoms with van der Waals surface area (Å²) in [5.41, 5.74) is -0.853. The lowest BCUT2D eigenvalue weighted by atomic mass is 9.97. The van der Waals surface area contributed by atoms with E-state index in [9.17, 15) is 9.90 Å². The third-order valence-electron chi connectivity index (χ3n) is 3.82. The van der Waals surface area contributed by atoms with Crippen LogP contribution >= 0.6 is 0 Å². The van der Waals surface area contributed by atoms with Crippen molar-refractivity contribution >= 4 is 5.97 Å². The van der Waals surface area contributed by atoms with Gasteiger partial charge in [-0.05, 0) is 32.2 Å². The summed E-state index contributed by atoms with van der Waals surface area (Å²) < 4.78 is 4.96. The van der Waals surface area contributed by atoms with Crippen molar-refractivity contribution in [1.29, 1.82) is 0 Å². The Labute approximate surface area is 104 Å². The van der Waals surface area contributed by atoms with Gasteiger partial charge in [0.25, 0.3) is 0 Å². The zero-order chi connectivity index (χ0) is 12.7. The number of hydrogen-bond donors (Lipinski definition) is 2. The van der Waals surface area contributed by atoms with Gasteiger partial charge >= 0.3 is 5.97 Å². The van der Waals surface area contributed by atoms with Gasteiger partial charge in [0.15, 0.2) is 0 Å². The van der Waals surface area contributed by atoms with Gasteiger partial charge in [0.2, 0.25) is 0 Å². The molecule has 1 saturated carbocycles. The van der Waals surface area contributed by atoms with Crippen LogP contribution in [0, 0.1) is 5.92 Å². The van der Waals surface area contributed by atoms with Crippen molar-refractivity contribution in [3.8, 4) is 0 Å². The van der Waals surface area contributed by atoms with Crippen molar-refractivity contribution < 1.29 is 14.6 Å². The minimum absolute atomic E-state index is 0.471. The Balaban J connectivity index is 2.30. The number of carboxylic acid groups (broad SMARTS) is 1. The number of rotatable bonds is 8. The van der Waals surface area contributed by atoms with Crippen molar-refractivity contribution in [2.24, 2.45) is 5.92 Å². The Kier molecular flexibility index (Phi) is 5.92. The van der Waals surface area contributed by atoms with Crippen molar-refractivity contribution in [2.45, 2.75) is 51.0 Å². The van der Waals surface area contributed by atoms with Gasteiger partial charge in [0, 0.05) is 13.7 Å². The zero-order valence-corrected chi connectivity index (χ0v) is 11.0. The molecule has 4 heteroatoms. The van der Waals surface area contributed by atoms with Gasteiger partial charge in [-0.3, -0.25) is 4.79 Å². The average Bonchev–Trinajstić information content (AvgIpc) is 2.79. The smallest absolute Gasteiger partial charge is 0.323 e. The van der Waals surface area contributed by atoms with E-state index in [1.807, 2.05) is 0 Å². The summed E-state index contributed by atoms with van der Waals surface area (Å²) in [5, 5.41) is 12.4. The van der Waals surface area contributed by atoms with E-state index >= 15 is 0 Å². The van der Waals surface area contributed by atoms with Crippen LogP contribution in [0.25, 0.3) is 0 Å². The molecule has 0 aliphatic heterocycles. The minimum atomic E-state index is -0.853. The SMILES string of the molecule is COCCC(C)(NCCC1CCCC1)C(=O)O. The molecule has 100 valence electrons. The molecule has 4 nitrogen and oxygen atoms in total. The molecule has 1 unspecified atom stereocenters. The van der Waals surface area contributed by atoms with Crippen LogP contribution in [0.4, 0.5) is 0 Å². The highest BCUT2D eigenvalue weighted by Gasteiger charge is 2.32. The van der Waals surface area contributed by atoms with Gasteiger partial charge in [-0.25, -0.2) is 0 Å². The van der Waals surface area contributed by atoms with E-state index in [1.54, 1.807) is 14.0 Å². The molecule has 0 aromatic carbocycles. The molecule has 17 heavy (non-hydrogen) atoms. The topological polar surface area (TPSA) is 58.6 Å². The lowest BCUT2D eigenvalue weighted by Gasteiger charge is -2.26. The van der Waals surface area contributed by atoms with Crippen LogP contribution in [-0.2, 0) is 9.53 Å². The molecule has 0 spiro atoms. The molecule has 1 aliphatic carbocycles. The summed E-state index contributed by atoms with van der Waals surface area (Å²) in [7, 11) is 1.60. The summed E-state index contributed by atoms with van der Waals surface area (Å²) >= 11 is 0. The molecule has 0 heterocycles. The number of ether oxygens (including phenoxy) is 1. The lowest BCUT2D eigenvalue weighted by molar-refractivity contribution is -0.145. The van der Waals surface area contributed by atoms with Crippen LogP contribution in [-0.4, -0.2) is 36.9 Å². The van der Waals surface area contributed by atoms with Gasteiger partial charge < -0.3 is 15.2 Å². The number of methoxy groups -OCH3 is 1. The second-order valence-electron chi connectivity index (χ2n) is 5.25. The highest BCUT2D eigenvalue weighted by Crippen LogP contribution is 2.27. The van der Waals surface area contributed by atoms with E-state index in [0.717, 1.165) is 18.9 Å². The van der Waals surface area contributed by atoms with E-state index in [2.05, 4.69) is 5.32 Å². The first-order valence-corrected chi connectivity index (χ1v) is 6.56. The van der Waals surface area contributed by atoms with E-state index in [1.165, 1.54) is 25.7 Å². The van der Waals surface area contributed by atoms with Gasteiger partial charge in [-0.15, -0.1) is 0 Å². The Bertz CT molecular complexity index is 239. The van der Waals surface area contributed by atoms with E-state index in [-0.39, 0.29) is 0 Å². The van der Waals surface area contributed by atoms with Crippen LogP contribution in [0.5, 0.6) is 0 Å². The third kappa shape index (κ3) is 4.64. The molecule has 0 bridgehead atoms. The third-order valence-corrected chi connectivity index (χ3v) is 3.82. The van der Waals surface area contributed by atoms with Gasteiger partial charge in [-0.2, -0.15) is 0 Å². The molecule has 0 aromatic rings. The predicted octanol–water partition coefficient (Wildman–Crippen LogP) is 2.04. The summed E-state index contributed by atoms with van der Waals surface area (Å²) in [6, 6.07) is 0. The molecule has 2 N–H and O–H groups in total. The van der Waals surface area contributed by atoms with Gasteiger partial charge in [-0.1, -0.05) is 25.7 Å². The first kappa shape index (κ1) is 14.5. The second kappa shape index (κ2) is 6.97. The fourth-order valence-corrected chi connectivity index (χ4v) is 2.43. The molecule has 0 aromatic heterocycles. The van der Waals surface area contributed by atoms with Gasteiger partial charge in [0.05, 0.1) is 0 Å². The first-order valence-electron chi connectivity index (χ1n) is 6.56. The monoisotopic (exact) mass is 243 g/mol. The maximum atomic E-state index is 11.2. The highest BCUT2D eigenvalue weighted by atomic mass is 16.5. The number of nitrogens with one attached hydrogen (secondary N) is 1. The van der Waals surface area contributed by atoms with Crippen LogP contribution in [0.1, 0.15) is 45.4 Å². The van der Waals surface area contributed by atoms with Crippen LogP contribution in [0.15, 0.2) is 0 Å². The molecule has 1 fully saturated rings. The Hall–Kier alpha value is -0.610. The van der Waals surface area contributed by atoms with Crippen LogP contribution in [0.2, 0.25) is 0 Å². The summed E-state index contributed by atoms with van der Waals surface area (Å²) in [4.78, 5) is 11.2. The number of aliphatic carboxylic acids is 1. The Morgan fingerprint density at radius 2 is 2.12 bits per heavy atom. The van der Waals surface area contributed by atoms with E-state index in [0.29, 0.717) is 13.0 Å². The fourth-order valence-electron chi connectivity index (χ4n) is 2.43. The maximum Gasteiger partial charge on any atom is 0.323 e. The summed E-state index contributed by atoms with van der Waals surface area (Å²) in [6.45, 7) is 3.00. The largest absolute Gasteiger partial charge is 0.480 e. The average molecular weight is 243 g/mol. The highest BCUT2D eigenvalue weighted by molar-refractivity contribution is 5.78. The summed E-state index contributed by atoms with van der Waals surface area (Å²) in [6.07, 6.45) is 6.89. The molecular weight excluding hydrogens is 218 g/mol. The molecular formula is C13H25NO3. The first-order chi connectivity index (χ1) is 8.08. The molecule has 1 atom stereocenters. The van der Waals surface area contributed by atoms with Gasteiger partial charge in [0.1, 0.15) is 5.54 Å². The zero-order valence-electron chi connectivity index (χ0n) is 11.0. The number of carboxylic acids is 1. The quantitative estimate of drug-likeness (QED) is 0.685. The minimum Gasteiger partial charge on any atom is -0.480 e. The Morgan fingerprint density at radius 1 is 1.47 bits per heavy atom. The fraction of sp³-hybridized carbons (Fsp3) is 0.923. The molecule has 0 saturated heterocycles. The molecule has 0 amide bonds. The lowest BCUT2D eigenvalue weighted by Crippen LogP contribution is -2.50. The number of carbonyl (C=O) groups is 1.